The van der Waals surface area contributed by atoms with Gasteiger partial charge in [0.2, 0.25) is 5.95 Å². The molecule has 0 fully saturated rings. The van der Waals surface area contributed by atoms with Gasteiger partial charge in [-0.2, -0.15) is 13.2 Å². The van der Waals surface area contributed by atoms with Crippen molar-refractivity contribution >= 4 is 28.8 Å². The Labute approximate surface area is 172 Å². The summed E-state index contributed by atoms with van der Waals surface area (Å²) in [5, 5.41) is 4.07. The molecule has 30 heavy (non-hydrogen) atoms. The van der Waals surface area contributed by atoms with Gasteiger partial charge in [0.25, 0.3) is 17.5 Å². The zero-order valence-corrected chi connectivity index (χ0v) is 17.5. The lowest BCUT2D eigenvalue weighted by atomic mass is 10.1. The molecule has 7 nitrogen and oxygen atoms in total. The number of carbonyl (C=O) groups excluding carboxylic acids is 2. The highest BCUT2D eigenvalue weighted by Gasteiger charge is 2.68. The van der Waals surface area contributed by atoms with Gasteiger partial charge >= 0.3 is 6.18 Å². The van der Waals surface area contributed by atoms with Crippen LogP contribution in [0.1, 0.15) is 38.3 Å². The number of aromatic nitrogens is 2. The number of aryl methyl sites for hydroxylation is 2. The molecule has 2 amide bonds. The quantitative estimate of drug-likeness (QED) is 0.742. The van der Waals surface area contributed by atoms with Crippen LogP contribution in [0.3, 0.4) is 0 Å². The number of imidazole rings is 1. The molecule has 3 rings (SSSR count). The number of rotatable bonds is 6. The van der Waals surface area contributed by atoms with E-state index >= 15 is 0 Å². The minimum Gasteiger partial charge on any atom is -0.369 e. The zero-order valence-electron chi connectivity index (χ0n) is 17.5. The summed E-state index contributed by atoms with van der Waals surface area (Å²) >= 11 is 0. The Hall–Kier alpha value is -2.62. The molecule has 0 aliphatic carbocycles. The maximum atomic E-state index is 14.3. The Morgan fingerprint density at radius 1 is 1.27 bits per heavy atom. The van der Waals surface area contributed by atoms with E-state index in [2.05, 4.69) is 10.3 Å². The van der Waals surface area contributed by atoms with Gasteiger partial charge in [-0.15, -0.1) is 0 Å². The molecule has 0 spiro atoms. The monoisotopic (exact) mass is 426 g/mol. The van der Waals surface area contributed by atoms with Gasteiger partial charge in [-0.1, -0.05) is 13.8 Å². The minimum atomic E-state index is -5.12. The number of nitrogens with zero attached hydrogens (tertiary/aromatic N) is 2. The number of fused-ring (bicyclic) bond motifs is 3. The number of amides is 2. The summed E-state index contributed by atoms with van der Waals surface area (Å²) in [6.45, 7) is 9.06. The molecule has 10 heteroatoms. The van der Waals surface area contributed by atoms with Crippen LogP contribution in [-0.2, 0) is 20.0 Å². The summed E-state index contributed by atoms with van der Waals surface area (Å²) < 4.78 is 49.1. The third-order valence-electron chi connectivity index (χ3n) is 5.31. The lowest BCUT2D eigenvalue weighted by molar-refractivity contribution is -0.218. The molecule has 164 valence electrons. The fourth-order valence-electron chi connectivity index (χ4n) is 3.32. The number of hydrogen-bond donors (Lipinski definition) is 2. The highest BCUT2D eigenvalue weighted by molar-refractivity contribution is 6.05. The van der Waals surface area contributed by atoms with E-state index in [-0.39, 0.29) is 23.6 Å². The molecular formula is C20H25F3N4O3. The van der Waals surface area contributed by atoms with E-state index in [1.54, 1.807) is 13.0 Å². The summed E-state index contributed by atoms with van der Waals surface area (Å²) in [6, 6.07) is 3.17. The molecule has 1 aromatic carbocycles. The van der Waals surface area contributed by atoms with Crippen molar-refractivity contribution in [1.29, 1.82) is 0 Å². The predicted octanol–water partition coefficient (Wildman–Crippen LogP) is 3.39. The first kappa shape index (κ1) is 22.1. The maximum absolute atomic E-state index is 14.3. The second-order valence-electron chi connectivity index (χ2n) is 8.04. The normalized spacial score (nSPS) is 19.8. The topological polar surface area (TPSA) is 85.2 Å². The smallest absolute Gasteiger partial charge is 0.369 e. The van der Waals surface area contributed by atoms with Crippen LogP contribution in [0.5, 0.6) is 0 Å². The highest BCUT2D eigenvalue weighted by Crippen LogP contribution is 2.44. The standard InChI is InChI=1S/C20H25F3N4O3/c1-10(2)6-7-30-13(5)16(28)26-19(20(21,22)23)17(29)25-18-24-14-8-11(3)12(4)9-15(14)27(18)19/h8-10,13H,6-7H2,1-5H3,(H,26,28)(H,24,25,29)/t13-,19?/m1/s1. The molecule has 0 bridgehead atoms. The van der Waals surface area contributed by atoms with Crippen LogP contribution in [0.15, 0.2) is 12.1 Å². The van der Waals surface area contributed by atoms with Crippen molar-refractivity contribution in [3.63, 3.8) is 0 Å². The number of alkyl halides is 3. The first-order valence-corrected chi connectivity index (χ1v) is 9.70. The summed E-state index contributed by atoms with van der Waals surface area (Å²) in [7, 11) is 0. The Kier molecular flexibility index (Phi) is 5.57. The van der Waals surface area contributed by atoms with Crippen LogP contribution in [-0.4, -0.2) is 40.3 Å². The average molecular weight is 426 g/mol. The highest BCUT2D eigenvalue weighted by atomic mass is 19.4. The predicted molar refractivity (Wildman–Crippen MR) is 105 cm³/mol. The SMILES string of the molecule is Cc1cc2nc3n(c2cc1C)C(NC(=O)[C@@H](C)OCCC(C)C)(C(F)(F)F)C(=O)N3. The van der Waals surface area contributed by atoms with Crippen LogP contribution in [0.25, 0.3) is 11.0 Å². The number of benzene rings is 1. The first-order chi connectivity index (χ1) is 13.9. The van der Waals surface area contributed by atoms with Crippen molar-refractivity contribution in [2.75, 3.05) is 11.9 Å². The summed E-state index contributed by atoms with van der Waals surface area (Å²) in [4.78, 5) is 29.3. The average Bonchev–Trinajstić information content (AvgIpc) is 3.08. The fourth-order valence-corrected chi connectivity index (χ4v) is 3.32. The molecule has 0 saturated carbocycles. The molecule has 2 N–H and O–H groups in total. The third-order valence-corrected chi connectivity index (χ3v) is 5.31. The number of nitrogens with one attached hydrogen (secondary N) is 2. The second-order valence-corrected chi connectivity index (χ2v) is 8.04. The van der Waals surface area contributed by atoms with E-state index in [0.717, 1.165) is 15.7 Å². The van der Waals surface area contributed by atoms with Gasteiger partial charge in [0, 0.05) is 6.61 Å². The molecule has 1 aliphatic rings. The maximum Gasteiger partial charge on any atom is 0.440 e. The largest absolute Gasteiger partial charge is 0.440 e. The Balaban J connectivity index is 2.04. The Bertz CT molecular complexity index is 999. The summed E-state index contributed by atoms with van der Waals surface area (Å²) in [5.41, 5.74) is -1.35. The first-order valence-electron chi connectivity index (χ1n) is 9.70. The number of halogens is 3. The van der Waals surface area contributed by atoms with Gasteiger partial charge in [-0.3, -0.25) is 19.5 Å². The van der Waals surface area contributed by atoms with Crippen LogP contribution in [0, 0.1) is 19.8 Å². The van der Waals surface area contributed by atoms with Crippen molar-refractivity contribution in [1.82, 2.24) is 14.9 Å². The zero-order chi connectivity index (χ0) is 22.4. The van der Waals surface area contributed by atoms with Gasteiger partial charge in [0.05, 0.1) is 11.0 Å². The second kappa shape index (κ2) is 7.57. The molecular weight excluding hydrogens is 401 g/mol. The van der Waals surface area contributed by atoms with Crippen molar-refractivity contribution in [2.45, 2.75) is 59.0 Å². The number of ether oxygens (including phenoxy) is 1. The van der Waals surface area contributed by atoms with Gasteiger partial charge in [-0.05, 0) is 56.4 Å². The van der Waals surface area contributed by atoms with Crippen LogP contribution >= 0.6 is 0 Å². The molecule has 2 heterocycles. The van der Waals surface area contributed by atoms with E-state index in [1.165, 1.54) is 13.0 Å². The molecule has 2 atom stereocenters. The van der Waals surface area contributed by atoms with Crippen LogP contribution in [0.4, 0.5) is 19.1 Å². The number of anilines is 1. The van der Waals surface area contributed by atoms with Crippen molar-refractivity contribution in [2.24, 2.45) is 5.92 Å². The van der Waals surface area contributed by atoms with Gasteiger partial charge in [-0.25, -0.2) is 4.98 Å². The van der Waals surface area contributed by atoms with E-state index in [4.69, 9.17) is 4.74 Å². The number of carbonyl (C=O) groups is 2. The Morgan fingerprint density at radius 2 is 1.90 bits per heavy atom. The molecule has 2 aromatic rings. The van der Waals surface area contributed by atoms with Gasteiger partial charge in [0.15, 0.2) is 0 Å². The van der Waals surface area contributed by atoms with E-state index < -0.39 is 29.8 Å². The fraction of sp³-hybridized carbons (Fsp3) is 0.550. The lowest BCUT2D eigenvalue weighted by Crippen LogP contribution is -2.64. The molecule has 0 saturated heterocycles. The number of hydrogen-bond acceptors (Lipinski definition) is 4. The van der Waals surface area contributed by atoms with Crippen molar-refractivity contribution < 1.29 is 27.5 Å². The summed E-state index contributed by atoms with van der Waals surface area (Å²) in [6.07, 6.45) is -5.64. The Morgan fingerprint density at radius 3 is 2.50 bits per heavy atom. The van der Waals surface area contributed by atoms with Crippen molar-refractivity contribution in [3.8, 4) is 0 Å². The van der Waals surface area contributed by atoms with E-state index in [9.17, 15) is 22.8 Å². The van der Waals surface area contributed by atoms with Gasteiger partial charge in [0.1, 0.15) is 6.10 Å². The molecule has 1 aromatic heterocycles. The third kappa shape index (κ3) is 3.53. The lowest BCUT2D eigenvalue weighted by Gasteiger charge is -2.33. The summed E-state index contributed by atoms with van der Waals surface area (Å²) in [5.74, 6) is -2.41. The molecule has 1 unspecified atom stereocenters. The van der Waals surface area contributed by atoms with Crippen molar-refractivity contribution in [3.05, 3.63) is 23.3 Å². The van der Waals surface area contributed by atoms with Gasteiger partial charge < -0.3 is 10.1 Å². The molecule has 0 radical (unpaired) electrons. The van der Waals surface area contributed by atoms with E-state index in [0.29, 0.717) is 12.3 Å². The van der Waals surface area contributed by atoms with Crippen LogP contribution in [0.2, 0.25) is 0 Å². The minimum absolute atomic E-state index is 0.0949. The van der Waals surface area contributed by atoms with E-state index in [1.807, 2.05) is 26.1 Å². The molecule has 1 aliphatic heterocycles. The van der Waals surface area contributed by atoms with Crippen LogP contribution < -0.4 is 10.6 Å².